The van der Waals surface area contributed by atoms with E-state index >= 15 is 0 Å². The molecular formula is C16H25N5O. The molecule has 0 saturated heterocycles. The van der Waals surface area contributed by atoms with E-state index in [4.69, 9.17) is 0 Å². The maximum Gasteiger partial charge on any atom is 0.293 e. The number of hydrogen-bond acceptors (Lipinski definition) is 4. The van der Waals surface area contributed by atoms with Crippen molar-refractivity contribution in [2.45, 2.75) is 59.9 Å². The van der Waals surface area contributed by atoms with Crippen molar-refractivity contribution in [1.29, 1.82) is 0 Å². The number of amides is 1. The topological polar surface area (TPSA) is 63.4 Å². The Labute approximate surface area is 131 Å². The Kier molecular flexibility index (Phi) is 5.11. The fourth-order valence-electron chi connectivity index (χ4n) is 2.51. The number of rotatable bonds is 6. The van der Waals surface area contributed by atoms with Gasteiger partial charge in [0.05, 0.1) is 0 Å². The van der Waals surface area contributed by atoms with Gasteiger partial charge in [-0.25, -0.2) is 9.50 Å². The van der Waals surface area contributed by atoms with Gasteiger partial charge in [0.2, 0.25) is 5.82 Å². The van der Waals surface area contributed by atoms with E-state index in [2.05, 4.69) is 22.0 Å². The van der Waals surface area contributed by atoms with Crippen molar-refractivity contribution in [2.24, 2.45) is 0 Å². The smallest absolute Gasteiger partial charge is 0.293 e. The van der Waals surface area contributed by atoms with Crippen LogP contribution in [0.3, 0.4) is 0 Å². The van der Waals surface area contributed by atoms with E-state index < -0.39 is 0 Å². The van der Waals surface area contributed by atoms with Crippen molar-refractivity contribution >= 4 is 11.7 Å². The first-order valence-corrected chi connectivity index (χ1v) is 7.96. The number of carbonyl (C=O) groups is 1. The summed E-state index contributed by atoms with van der Waals surface area (Å²) in [7, 11) is 0. The predicted molar refractivity (Wildman–Crippen MR) is 86.0 cm³/mol. The third-order valence-corrected chi connectivity index (χ3v) is 3.70. The molecule has 0 spiro atoms. The van der Waals surface area contributed by atoms with Gasteiger partial charge in [-0.3, -0.25) is 4.79 Å². The van der Waals surface area contributed by atoms with Crippen molar-refractivity contribution in [3.05, 3.63) is 23.3 Å². The van der Waals surface area contributed by atoms with Crippen molar-refractivity contribution < 1.29 is 4.79 Å². The van der Waals surface area contributed by atoms with Crippen LogP contribution >= 0.6 is 0 Å². The normalized spacial score (nSPS) is 11.4. The minimum atomic E-state index is -0.117. The third-order valence-electron chi connectivity index (χ3n) is 3.70. The Morgan fingerprint density at radius 2 is 2.00 bits per heavy atom. The second-order valence-corrected chi connectivity index (χ2v) is 5.99. The average Bonchev–Trinajstić information content (AvgIpc) is 2.86. The van der Waals surface area contributed by atoms with Gasteiger partial charge in [0.15, 0.2) is 0 Å². The van der Waals surface area contributed by atoms with Gasteiger partial charge in [-0.15, -0.1) is 5.10 Å². The largest absolute Gasteiger partial charge is 0.333 e. The standard InChI is InChI=1S/C16H25N5O/c1-6-7-8-9-20(11(2)3)15(22)14-18-16-17-12(4)10-13(5)21(16)19-14/h10-11H,6-9H2,1-5H3. The van der Waals surface area contributed by atoms with Crippen LogP contribution < -0.4 is 0 Å². The zero-order valence-corrected chi connectivity index (χ0v) is 14.1. The van der Waals surface area contributed by atoms with Gasteiger partial charge in [-0.05, 0) is 40.2 Å². The number of fused-ring (bicyclic) bond motifs is 1. The highest BCUT2D eigenvalue weighted by molar-refractivity contribution is 5.91. The SMILES string of the molecule is CCCCCN(C(=O)c1nc2nc(C)cc(C)n2n1)C(C)C. The first-order valence-electron chi connectivity index (χ1n) is 7.96. The van der Waals surface area contributed by atoms with Crippen molar-refractivity contribution in [2.75, 3.05) is 6.54 Å². The van der Waals surface area contributed by atoms with Crippen molar-refractivity contribution in [1.82, 2.24) is 24.5 Å². The van der Waals surface area contributed by atoms with E-state index in [1.165, 1.54) is 0 Å². The van der Waals surface area contributed by atoms with Gasteiger partial charge in [0, 0.05) is 24.0 Å². The van der Waals surface area contributed by atoms with Crippen LogP contribution in [0, 0.1) is 13.8 Å². The van der Waals surface area contributed by atoms with E-state index in [9.17, 15) is 4.79 Å². The zero-order chi connectivity index (χ0) is 16.3. The lowest BCUT2D eigenvalue weighted by molar-refractivity contribution is 0.0690. The molecule has 1 amide bonds. The number of aryl methyl sites for hydroxylation is 2. The summed E-state index contributed by atoms with van der Waals surface area (Å²) in [4.78, 5) is 23.2. The molecule has 0 atom stereocenters. The fraction of sp³-hybridized carbons (Fsp3) is 0.625. The van der Waals surface area contributed by atoms with Gasteiger partial charge >= 0.3 is 0 Å². The molecule has 0 aliphatic carbocycles. The molecule has 0 unspecified atom stereocenters. The molecule has 2 aromatic heterocycles. The lowest BCUT2D eigenvalue weighted by Gasteiger charge is -2.25. The monoisotopic (exact) mass is 303 g/mol. The quantitative estimate of drug-likeness (QED) is 0.770. The van der Waals surface area contributed by atoms with E-state index in [-0.39, 0.29) is 17.8 Å². The Bertz CT molecular complexity index is 662. The molecule has 6 nitrogen and oxygen atoms in total. The highest BCUT2D eigenvalue weighted by atomic mass is 16.2. The Morgan fingerprint density at radius 3 is 2.64 bits per heavy atom. The number of nitrogens with zero attached hydrogens (tertiary/aromatic N) is 5. The van der Waals surface area contributed by atoms with Gasteiger partial charge in [0.25, 0.3) is 11.7 Å². The van der Waals surface area contributed by atoms with E-state index in [1.54, 1.807) is 4.52 Å². The van der Waals surface area contributed by atoms with Crippen LogP contribution in [-0.4, -0.2) is 43.0 Å². The Balaban J connectivity index is 2.28. The van der Waals surface area contributed by atoms with E-state index in [0.717, 1.165) is 37.2 Å². The lowest BCUT2D eigenvalue weighted by Crippen LogP contribution is -2.38. The van der Waals surface area contributed by atoms with Gasteiger partial charge < -0.3 is 4.90 Å². The van der Waals surface area contributed by atoms with Crippen LogP contribution in [0.4, 0.5) is 0 Å². The number of hydrogen-bond donors (Lipinski definition) is 0. The number of carbonyl (C=O) groups excluding carboxylic acids is 1. The summed E-state index contributed by atoms with van der Waals surface area (Å²) in [6, 6.07) is 2.06. The Morgan fingerprint density at radius 1 is 1.27 bits per heavy atom. The molecule has 0 aromatic carbocycles. The fourth-order valence-corrected chi connectivity index (χ4v) is 2.51. The molecular weight excluding hydrogens is 278 g/mol. The summed E-state index contributed by atoms with van der Waals surface area (Å²) in [6.45, 7) is 10.8. The summed E-state index contributed by atoms with van der Waals surface area (Å²) in [5.41, 5.74) is 1.80. The van der Waals surface area contributed by atoms with Crippen LogP contribution in [0.2, 0.25) is 0 Å². The van der Waals surface area contributed by atoms with Crippen LogP contribution in [0.1, 0.15) is 62.0 Å². The maximum absolute atomic E-state index is 12.7. The predicted octanol–water partition coefficient (Wildman–Crippen LogP) is 2.78. The summed E-state index contributed by atoms with van der Waals surface area (Å²) in [5, 5.41) is 4.34. The van der Waals surface area contributed by atoms with E-state index in [0.29, 0.717) is 5.78 Å². The summed E-state index contributed by atoms with van der Waals surface area (Å²) in [6.07, 6.45) is 3.26. The molecule has 0 radical (unpaired) electrons. The highest BCUT2D eigenvalue weighted by Gasteiger charge is 2.23. The molecule has 6 heteroatoms. The second kappa shape index (κ2) is 6.85. The molecule has 0 bridgehead atoms. The highest BCUT2D eigenvalue weighted by Crippen LogP contribution is 2.10. The molecule has 2 heterocycles. The number of unbranched alkanes of at least 4 members (excludes halogenated alkanes) is 2. The van der Waals surface area contributed by atoms with Crippen molar-refractivity contribution in [3.8, 4) is 0 Å². The minimum absolute atomic E-state index is 0.117. The first kappa shape index (κ1) is 16.4. The molecule has 2 aromatic rings. The molecule has 0 N–H and O–H groups in total. The van der Waals surface area contributed by atoms with Crippen LogP contribution in [0.25, 0.3) is 5.78 Å². The third kappa shape index (κ3) is 3.43. The molecule has 0 saturated carbocycles. The molecule has 120 valence electrons. The Hall–Kier alpha value is -1.98. The molecule has 0 aliphatic rings. The van der Waals surface area contributed by atoms with E-state index in [1.807, 2.05) is 38.7 Å². The summed E-state index contributed by atoms with van der Waals surface area (Å²) < 4.78 is 1.63. The average molecular weight is 303 g/mol. The minimum Gasteiger partial charge on any atom is -0.333 e. The van der Waals surface area contributed by atoms with Crippen LogP contribution in [0.5, 0.6) is 0 Å². The second-order valence-electron chi connectivity index (χ2n) is 5.99. The summed E-state index contributed by atoms with van der Waals surface area (Å²) >= 11 is 0. The van der Waals surface area contributed by atoms with Crippen LogP contribution in [0.15, 0.2) is 6.07 Å². The molecule has 22 heavy (non-hydrogen) atoms. The first-order chi connectivity index (χ1) is 10.4. The van der Waals surface area contributed by atoms with Crippen LogP contribution in [-0.2, 0) is 0 Å². The molecule has 2 rings (SSSR count). The lowest BCUT2D eigenvalue weighted by atomic mass is 10.2. The number of aromatic nitrogens is 4. The van der Waals surface area contributed by atoms with Gasteiger partial charge in [-0.1, -0.05) is 19.8 Å². The summed E-state index contributed by atoms with van der Waals surface area (Å²) in [5.74, 6) is 0.596. The molecule has 0 fully saturated rings. The van der Waals surface area contributed by atoms with Crippen molar-refractivity contribution in [3.63, 3.8) is 0 Å². The van der Waals surface area contributed by atoms with Gasteiger partial charge in [0.1, 0.15) is 0 Å². The molecule has 0 aliphatic heterocycles. The zero-order valence-electron chi connectivity index (χ0n) is 14.1. The maximum atomic E-state index is 12.7. The van der Waals surface area contributed by atoms with Gasteiger partial charge in [-0.2, -0.15) is 4.98 Å².